The van der Waals surface area contributed by atoms with Gasteiger partial charge < -0.3 is 20.5 Å². The average Bonchev–Trinajstić information content (AvgIpc) is 2.67. The molecule has 0 radical (unpaired) electrons. The van der Waals surface area contributed by atoms with Gasteiger partial charge in [-0.3, -0.25) is 14.5 Å². The lowest BCUT2D eigenvalue weighted by Gasteiger charge is -2.37. The van der Waals surface area contributed by atoms with Crippen LogP contribution in [0.15, 0.2) is 36.4 Å². The summed E-state index contributed by atoms with van der Waals surface area (Å²) in [5.74, 6) is -0.181. The van der Waals surface area contributed by atoms with Crippen molar-refractivity contribution in [1.29, 1.82) is 0 Å². The van der Waals surface area contributed by atoms with Gasteiger partial charge in [-0.2, -0.15) is 0 Å². The molecule has 0 fully saturated rings. The minimum Gasteiger partial charge on any atom is -0.489 e. The van der Waals surface area contributed by atoms with Crippen LogP contribution in [0.1, 0.15) is 16.8 Å². The smallest absolute Gasteiger partial charge is 0.262 e. The van der Waals surface area contributed by atoms with Gasteiger partial charge in [-0.25, -0.2) is 4.39 Å². The number of nitrogens with one attached hydrogen (secondary N) is 1. The number of nitrogens with two attached hydrogens (primary N) is 1. The number of carbonyl (C=O) groups excluding carboxylic acids is 2. The molecule has 2 aliphatic rings. The number of rotatable bonds is 3. The van der Waals surface area contributed by atoms with Crippen molar-refractivity contribution in [3.63, 3.8) is 0 Å². The molecule has 2 aromatic rings. The van der Waals surface area contributed by atoms with Crippen LogP contribution in [-0.2, 0) is 4.79 Å². The van der Waals surface area contributed by atoms with Crippen molar-refractivity contribution >= 4 is 23.2 Å². The predicted octanol–water partition coefficient (Wildman–Crippen LogP) is 1.91. The Hall–Kier alpha value is -3.13. The molecule has 8 heteroatoms. The Labute approximate surface area is 154 Å². The number of ether oxygens (including phenoxy) is 2. The van der Waals surface area contributed by atoms with E-state index < -0.39 is 5.82 Å². The first-order valence-corrected chi connectivity index (χ1v) is 8.59. The van der Waals surface area contributed by atoms with E-state index in [2.05, 4.69) is 5.32 Å². The molecule has 0 saturated carbocycles. The number of anilines is 2. The third-order valence-electron chi connectivity index (χ3n) is 4.56. The SMILES string of the molecule is NCC[C@H]1COc2cc(F)ccc2N1C(=O)c1ccc2c(c1)NC(=O)CO2. The highest BCUT2D eigenvalue weighted by Crippen LogP contribution is 2.37. The molecule has 0 aliphatic carbocycles. The normalized spacial score (nSPS) is 17.9. The van der Waals surface area contributed by atoms with Crippen LogP contribution in [0.3, 0.4) is 0 Å². The summed E-state index contributed by atoms with van der Waals surface area (Å²) in [5.41, 5.74) is 7.00. The van der Waals surface area contributed by atoms with Crippen LogP contribution in [0.2, 0.25) is 0 Å². The molecule has 27 heavy (non-hydrogen) atoms. The third kappa shape index (κ3) is 3.19. The molecular formula is C19H18FN3O4. The van der Waals surface area contributed by atoms with Crippen LogP contribution in [-0.4, -0.2) is 37.6 Å². The summed E-state index contributed by atoms with van der Waals surface area (Å²) in [6.45, 7) is 0.549. The second kappa shape index (κ2) is 6.88. The van der Waals surface area contributed by atoms with Gasteiger partial charge in [0, 0.05) is 11.6 Å². The molecule has 0 unspecified atom stereocenters. The topological polar surface area (TPSA) is 93.9 Å². The molecule has 2 aliphatic heterocycles. The molecule has 0 saturated heterocycles. The predicted molar refractivity (Wildman–Crippen MR) is 96.7 cm³/mol. The van der Waals surface area contributed by atoms with Crippen LogP contribution < -0.4 is 25.4 Å². The highest BCUT2D eigenvalue weighted by molar-refractivity contribution is 6.09. The van der Waals surface area contributed by atoms with Gasteiger partial charge in [0.05, 0.1) is 17.4 Å². The van der Waals surface area contributed by atoms with E-state index in [1.807, 2.05) is 0 Å². The molecule has 0 spiro atoms. The Balaban J connectivity index is 1.72. The van der Waals surface area contributed by atoms with Crippen LogP contribution in [0.25, 0.3) is 0 Å². The molecule has 7 nitrogen and oxygen atoms in total. The Bertz CT molecular complexity index is 918. The minimum absolute atomic E-state index is 0.0543. The zero-order chi connectivity index (χ0) is 19.0. The molecule has 0 bridgehead atoms. The molecular weight excluding hydrogens is 353 g/mol. The van der Waals surface area contributed by atoms with Gasteiger partial charge in [0.15, 0.2) is 6.61 Å². The van der Waals surface area contributed by atoms with E-state index in [0.29, 0.717) is 41.4 Å². The summed E-state index contributed by atoms with van der Waals surface area (Å²) in [7, 11) is 0. The Kier molecular flexibility index (Phi) is 4.41. The monoisotopic (exact) mass is 371 g/mol. The molecule has 2 amide bonds. The number of amides is 2. The number of hydrogen-bond donors (Lipinski definition) is 2. The maximum atomic E-state index is 13.6. The maximum absolute atomic E-state index is 13.6. The van der Waals surface area contributed by atoms with Crippen molar-refractivity contribution in [2.45, 2.75) is 12.5 Å². The summed E-state index contributed by atoms with van der Waals surface area (Å²) in [4.78, 5) is 26.4. The largest absolute Gasteiger partial charge is 0.489 e. The van der Waals surface area contributed by atoms with E-state index in [4.69, 9.17) is 15.2 Å². The van der Waals surface area contributed by atoms with Crippen LogP contribution in [0.4, 0.5) is 15.8 Å². The minimum atomic E-state index is -0.438. The number of hydrogen-bond acceptors (Lipinski definition) is 5. The van der Waals surface area contributed by atoms with Crippen molar-refractivity contribution < 1.29 is 23.5 Å². The number of halogens is 1. The third-order valence-corrected chi connectivity index (χ3v) is 4.56. The Morgan fingerprint density at radius 1 is 1.22 bits per heavy atom. The van der Waals surface area contributed by atoms with Gasteiger partial charge in [0.2, 0.25) is 0 Å². The lowest BCUT2D eigenvalue weighted by atomic mass is 10.0. The first-order chi connectivity index (χ1) is 13.1. The number of carbonyl (C=O) groups is 2. The summed E-state index contributed by atoms with van der Waals surface area (Å²) in [6, 6.07) is 8.65. The lowest BCUT2D eigenvalue weighted by Crippen LogP contribution is -2.47. The second-order valence-corrected chi connectivity index (χ2v) is 6.38. The summed E-state index contributed by atoms with van der Waals surface area (Å²) < 4.78 is 24.5. The van der Waals surface area contributed by atoms with Crippen molar-refractivity contribution in [1.82, 2.24) is 0 Å². The van der Waals surface area contributed by atoms with Gasteiger partial charge in [-0.15, -0.1) is 0 Å². The zero-order valence-corrected chi connectivity index (χ0v) is 14.4. The van der Waals surface area contributed by atoms with E-state index in [-0.39, 0.29) is 31.1 Å². The fourth-order valence-electron chi connectivity index (χ4n) is 3.30. The van der Waals surface area contributed by atoms with E-state index >= 15 is 0 Å². The Morgan fingerprint density at radius 3 is 2.89 bits per heavy atom. The fourth-order valence-corrected chi connectivity index (χ4v) is 3.30. The van der Waals surface area contributed by atoms with E-state index in [1.165, 1.54) is 18.2 Å². The lowest BCUT2D eigenvalue weighted by molar-refractivity contribution is -0.118. The first kappa shape index (κ1) is 17.3. The molecule has 4 rings (SSSR count). The zero-order valence-electron chi connectivity index (χ0n) is 14.4. The average molecular weight is 371 g/mol. The quantitative estimate of drug-likeness (QED) is 0.860. The van der Waals surface area contributed by atoms with Crippen LogP contribution in [0.5, 0.6) is 11.5 Å². The van der Waals surface area contributed by atoms with Crippen molar-refractivity contribution in [2.24, 2.45) is 5.73 Å². The van der Waals surface area contributed by atoms with Gasteiger partial charge in [0.1, 0.15) is 23.9 Å². The molecule has 140 valence electrons. The molecule has 2 heterocycles. The van der Waals surface area contributed by atoms with Gasteiger partial charge in [-0.1, -0.05) is 0 Å². The van der Waals surface area contributed by atoms with Crippen molar-refractivity contribution in [3.05, 3.63) is 47.8 Å². The summed E-state index contributed by atoms with van der Waals surface area (Å²) >= 11 is 0. The van der Waals surface area contributed by atoms with Gasteiger partial charge in [-0.05, 0) is 43.3 Å². The highest BCUT2D eigenvalue weighted by atomic mass is 19.1. The van der Waals surface area contributed by atoms with Gasteiger partial charge in [0.25, 0.3) is 11.8 Å². The number of fused-ring (bicyclic) bond motifs is 2. The summed E-state index contributed by atoms with van der Waals surface area (Å²) in [6.07, 6.45) is 0.535. The standard InChI is InChI=1S/C19H18FN3O4/c20-12-2-3-15-17(8-12)26-9-13(5-6-21)23(15)19(25)11-1-4-16-14(7-11)22-18(24)10-27-16/h1-4,7-8,13H,5-6,9-10,21H2,(H,22,24)/t13-/m0/s1. The van der Waals surface area contributed by atoms with Crippen molar-refractivity contribution in [3.8, 4) is 11.5 Å². The van der Waals surface area contributed by atoms with E-state index in [9.17, 15) is 14.0 Å². The highest BCUT2D eigenvalue weighted by Gasteiger charge is 2.33. The molecule has 3 N–H and O–H groups in total. The molecule has 2 aromatic carbocycles. The number of benzene rings is 2. The molecule has 0 aromatic heterocycles. The van der Waals surface area contributed by atoms with E-state index in [0.717, 1.165) is 0 Å². The van der Waals surface area contributed by atoms with Crippen molar-refractivity contribution in [2.75, 3.05) is 30.0 Å². The summed E-state index contributed by atoms with van der Waals surface area (Å²) in [5, 5.41) is 2.69. The second-order valence-electron chi connectivity index (χ2n) is 6.38. The van der Waals surface area contributed by atoms with Crippen LogP contribution >= 0.6 is 0 Å². The number of nitrogens with zero attached hydrogens (tertiary/aromatic N) is 1. The van der Waals surface area contributed by atoms with Crippen LogP contribution in [0, 0.1) is 5.82 Å². The van der Waals surface area contributed by atoms with Gasteiger partial charge >= 0.3 is 0 Å². The fraction of sp³-hybridized carbons (Fsp3) is 0.263. The Morgan fingerprint density at radius 2 is 2.07 bits per heavy atom. The van der Waals surface area contributed by atoms with E-state index in [1.54, 1.807) is 23.1 Å². The maximum Gasteiger partial charge on any atom is 0.262 e. The molecule has 1 atom stereocenters. The first-order valence-electron chi connectivity index (χ1n) is 8.59.